The average Bonchev–Trinajstić information content (AvgIpc) is 3.01. The Morgan fingerprint density at radius 3 is 2.41 bits per heavy atom. The van der Waals surface area contributed by atoms with Crippen molar-refractivity contribution in [3.8, 4) is 0 Å². The number of benzene rings is 1. The Balaban J connectivity index is 1.87. The fourth-order valence-corrected chi connectivity index (χ4v) is 3.61. The van der Waals surface area contributed by atoms with Crippen LogP contribution in [0.2, 0.25) is 0 Å². The van der Waals surface area contributed by atoms with E-state index in [9.17, 15) is 18.6 Å². The first-order valence-electron chi connectivity index (χ1n) is 8.42. The van der Waals surface area contributed by atoms with Crippen LogP contribution in [0.5, 0.6) is 0 Å². The van der Waals surface area contributed by atoms with Gasteiger partial charge in [-0.3, -0.25) is 4.18 Å². The van der Waals surface area contributed by atoms with Crippen LogP contribution in [0, 0.1) is 0 Å². The highest BCUT2D eigenvalue weighted by atomic mass is 32.2. The van der Waals surface area contributed by atoms with Crippen molar-refractivity contribution in [1.29, 1.82) is 0 Å². The van der Waals surface area contributed by atoms with Crippen LogP contribution in [0.1, 0.15) is 19.4 Å². The fraction of sp³-hybridized carbons (Fsp3) is 0.647. The van der Waals surface area contributed by atoms with E-state index in [1.165, 1.54) is 0 Å². The number of aliphatic hydroxyl groups is 2. The van der Waals surface area contributed by atoms with Crippen LogP contribution in [0.4, 0.5) is 0 Å². The number of ether oxygens (including phenoxy) is 4. The molecule has 10 heteroatoms. The van der Waals surface area contributed by atoms with Crippen LogP contribution in [0.3, 0.4) is 0 Å². The topological polar surface area (TPSA) is 121 Å². The Labute approximate surface area is 157 Å². The van der Waals surface area contributed by atoms with E-state index in [2.05, 4.69) is 0 Å². The smallest absolute Gasteiger partial charge is 0.264 e. The molecule has 2 saturated heterocycles. The summed E-state index contributed by atoms with van der Waals surface area (Å²) in [5.74, 6) is -0.964. The molecular formula is C17H24O9S. The number of fused-ring (bicyclic) bond motifs is 1. The number of rotatable bonds is 7. The van der Waals surface area contributed by atoms with Gasteiger partial charge >= 0.3 is 0 Å². The van der Waals surface area contributed by atoms with Crippen molar-refractivity contribution < 1.29 is 41.8 Å². The average molecular weight is 404 g/mol. The van der Waals surface area contributed by atoms with Crippen molar-refractivity contribution in [3.63, 3.8) is 0 Å². The molecule has 2 heterocycles. The molecular weight excluding hydrogens is 380 g/mol. The van der Waals surface area contributed by atoms with Gasteiger partial charge in [-0.2, -0.15) is 8.42 Å². The van der Waals surface area contributed by atoms with E-state index in [4.69, 9.17) is 23.1 Å². The molecule has 2 fully saturated rings. The summed E-state index contributed by atoms with van der Waals surface area (Å²) in [5.41, 5.74) is -1.06. The van der Waals surface area contributed by atoms with Crippen LogP contribution in [-0.4, -0.2) is 67.7 Å². The van der Waals surface area contributed by atoms with Gasteiger partial charge in [0.25, 0.3) is 10.1 Å². The predicted octanol–water partition coefficient (Wildman–Crippen LogP) is 0.105. The first-order valence-corrected chi connectivity index (χ1v) is 10.2. The first kappa shape index (κ1) is 20.6. The summed E-state index contributed by atoms with van der Waals surface area (Å²) in [7, 11) is -3.86. The molecule has 1 aromatic carbocycles. The lowest BCUT2D eigenvalue weighted by atomic mass is 9.95. The minimum Gasteiger partial charge on any atom is -0.367 e. The molecule has 0 spiro atoms. The van der Waals surface area contributed by atoms with Gasteiger partial charge in [0.15, 0.2) is 24.0 Å². The van der Waals surface area contributed by atoms with Crippen LogP contribution in [0.25, 0.3) is 0 Å². The van der Waals surface area contributed by atoms with Gasteiger partial charge in [-0.25, -0.2) is 0 Å². The summed E-state index contributed by atoms with van der Waals surface area (Å²) >= 11 is 0. The molecule has 152 valence electrons. The summed E-state index contributed by atoms with van der Waals surface area (Å²) in [6.07, 6.45) is -4.05. The van der Waals surface area contributed by atoms with Crippen LogP contribution in [0.15, 0.2) is 30.3 Å². The molecule has 0 amide bonds. The van der Waals surface area contributed by atoms with Gasteiger partial charge in [0.05, 0.1) is 12.9 Å². The lowest BCUT2D eigenvalue weighted by molar-refractivity contribution is -0.299. The zero-order chi connectivity index (χ0) is 19.9. The molecule has 0 unspecified atom stereocenters. The molecule has 2 N–H and O–H groups in total. The van der Waals surface area contributed by atoms with Gasteiger partial charge in [-0.05, 0) is 19.4 Å². The van der Waals surface area contributed by atoms with Crippen molar-refractivity contribution in [2.75, 3.05) is 12.9 Å². The summed E-state index contributed by atoms with van der Waals surface area (Å²) in [5, 5.41) is 20.0. The maximum atomic E-state index is 11.4. The lowest BCUT2D eigenvalue weighted by Gasteiger charge is -2.37. The summed E-state index contributed by atoms with van der Waals surface area (Å²) in [6.45, 7) is 2.83. The van der Waals surface area contributed by atoms with Crippen molar-refractivity contribution in [1.82, 2.24) is 0 Å². The van der Waals surface area contributed by atoms with Crippen LogP contribution >= 0.6 is 0 Å². The van der Waals surface area contributed by atoms with Crippen molar-refractivity contribution in [2.24, 2.45) is 0 Å². The van der Waals surface area contributed by atoms with E-state index in [1.807, 2.05) is 30.3 Å². The van der Waals surface area contributed by atoms with Gasteiger partial charge in [0, 0.05) is 0 Å². The van der Waals surface area contributed by atoms with Gasteiger partial charge < -0.3 is 29.2 Å². The molecule has 0 aliphatic carbocycles. The van der Waals surface area contributed by atoms with E-state index in [0.29, 0.717) is 0 Å². The number of aliphatic hydroxyl groups excluding tert-OH is 1. The van der Waals surface area contributed by atoms with E-state index < -0.39 is 52.9 Å². The Bertz CT molecular complexity index is 749. The SMILES string of the molecule is CC1(C)O[C@H]2O[C@](COS(C)(=O)=O)(C(O)O)[C@@H](OCc3ccccc3)[C@H]2O1. The molecule has 0 radical (unpaired) electrons. The minimum atomic E-state index is -3.86. The van der Waals surface area contributed by atoms with Crippen molar-refractivity contribution in [2.45, 2.75) is 56.6 Å². The Kier molecular flexibility index (Phi) is 5.63. The normalized spacial score (nSPS) is 32.7. The third kappa shape index (κ3) is 4.49. The first-order chi connectivity index (χ1) is 12.5. The highest BCUT2D eigenvalue weighted by Crippen LogP contribution is 2.45. The Hall–Kier alpha value is -1.11. The molecule has 3 rings (SSSR count). The lowest BCUT2D eigenvalue weighted by Crippen LogP contribution is -2.57. The third-order valence-corrected chi connectivity index (χ3v) is 4.96. The second-order valence-corrected chi connectivity index (χ2v) is 8.74. The van der Waals surface area contributed by atoms with E-state index in [0.717, 1.165) is 11.8 Å². The molecule has 27 heavy (non-hydrogen) atoms. The van der Waals surface area contributed by atoms with E-state index in [-0.39, 0.29) is 6.61 Å². The minimum absolute atomic E-state index is 0.120. The Morgan fingerprint density at radius 2 is 1.81 bits per heavy atom. The second-order valence-electron chi connectivity index (χ2n) is 7.10. The number of hydrogen-bond acceptors (Lipinski definition) is 9. The summed E-state index contributed by atoms with van der Waals surface area (Å²) < 4.78 is 50.8. The third-order valence-electron chi connectivity index (χ3n) is 4.41. The molecule has 9 nitrogen and oxygen atoms in total. The summed E-state index contributed by atoms with van der Waals surface area (Å²) in [6, 6.07) is 9.22. The largest absolute Gasteiger partial charge is 0.367 e. The maximum Gasteiger partial charge on any atom is 0.264 e. The molecule has 4 atom stereocenters. The van der Waals surface area contributed by atoms with Gasteiger partial charge in [0.1, 0.15) is 18.8 Å². The molecule has 0 saturated carbocycles. The highest BCUT2D eigenvalue weighted by Gasteiger charge is 2.65. The molecule has 1 aromatic rings. The standard InChI is InChI=1S/C17H24O9S/c1-16(2)24-12-13(22-9-11-7-5-4-6-8-11)17(15(18)19,26-14(12)25-16)10-23-27(3,20)21/h4-8,12-15,18-19H,9-10H2,1-3H3/t12-,13+,14+,17+/m1/s1. The van der Waals surface area contributed by atoms with Crippen LogP contribution in [-0.2, 0) is 39.9 Å². The van der Waals surface area contributed by atoms with E-state index in [1.54, 1.807) is 13.8 Å². The molecule has 2 aliphatic rings. The zero-order valence-corrected chi connectivity index (χ0v) is 16.1. The van der Waals surface area contributed by atoms with Crippen LogP contribution < -0.4 is 0 Å². The molecule has 0 aromatic heterocycles. The van der Waals surface area contributed by atoms with Gasteiger partial charge in [-0.1, -0.05) is 30.3 Å². The second kappa shape index (κ2) is 7.37. The van der Waals surface area contributed by atoms with Gasteiger partial charge in [0.2, 0.25) is 0 Å². The summed E-state index contributed by atoms with van der Waals surface area (Å²) in [4.78, 5) is 0. The van der Waals surface area contributed by atoms with Crippen molar-refractivity contribution >= 4 is 10.1 Å². The fourth-order valence-electron chi connectivity index (χ4n) is 3.21. The van der Waals surface area contributed by atoms with Crippen molar-refractivity contribution in [3.05, 3.63) is 35.9 Å². The monoisotopic (exact) mass is 404 g/mol. The Morgan fingerprint density at radius 1 is 1.15 bits per heavy atom. The highest BCUT2D eigenvalue weighted by molar-refractivity contribution is 7.85. The molecule has 2 aliphatic heterocycles. The van der Waals surface area contributed by atoms with Gasteiger partial charge in [-0.15, -0.1) is 0 Å². The quantitative estimate of drug-likeness (QED) is 0.482. The molecule has 0 bridgehead atoms. The number of hydrogen-bond donors (Lipinski definition) is 2. The maximum absolute atomic E-state index is 11.4. The predicted molar refractivity (Wildman–Crippen MR) is 91.7 cm³/mol. The van der Waals surface area contributed by atoms with E-state index >= 15 is 0 Å². The zero-order valence-electron chi connectivity index (χ0n) is 15.3.